The van der Waals surface area contributed by atoms with Crippen LogP contribution in [0.25, 0.3) is 0 Å². The molecule has 1 aliphatic rings. The van der Waals surface area contributed by atoms with Crippen molar-refractivity contribution in [3.05, 3.63) is 65.7 Å². The molecule has 1 heterocycles. The van der Waals surface area contributed by atoms with Crippen LogP contribution < -0.4 is 15.4 Å². The third-order valence-corrected chi connectivity index (χ3v) is 6.54. The van der Waals surface area contributed by atoms with Gasteiger partial charge in [-0.05, 0) is 49.9 Å². The maximum Gasteiger partial charge on any atom is 0.224 e. The Labute approximate surface area is 213 Å². The third kappa shape index (κ3) is 7.73. The molecule has 1 saturated heterocycles. The van der Waals surface area contributed by atoms with Gasteiger partial charge in [-0.3, -0.25) is 14.4 Å². The number of hydrogen-bond donors (Lipinski definition) is 2. The second-order valence-corrected chi connectivity index (χ2v) is 10.1. The van der Waals surface area contributed by atoms with E-state index in [2.05, 4.69) is 10.6 Å². The average Bonchev–Trinajstić information content (AvgIpc) is 3.61. The van der Waals surface area contributed by atoms with E-state index >= 15 is 0 Å². The number of amides is 1. The van der Waals surface area contributed by atoms with E-state index in [0.29, 0.717) is 19.4 Å². The summed E-state index contributed by atoms with van der Waals surface area (Å²) < 4.78 is 10.6. The Kier molecular flexibility index (Phi) is 9.40. The number of carbonyl (C=O) groups excluding carboxylic acids is 3. The molecule has 7 heteroatoms. The lowest BCUT2D eigenvalue weighted by Crippen LogP contribution is -2.50. The van der Waals surface area contributed by atoms with Crippen LogP contribution in [0.3, 0.4) is 0 Å². The number of methoxy groups -OCH3 is 1. The molecule has 1 amide bonds. The summed E-state index contributed by atoms with van der Waals surface area (Å²) in [6.45, 7) is 7.87. The number of hydrogen-bond acceptors (Lipinski definition) is 6. The number of nitrogens with one attached hydrogen (secondary N) is 2. The van der Waals surface area contributed by atoms with E-state index in [0.717, 1.165) is 16.9 Å². The lowest BCUT2D eigenvalue weighted by molar-refractivity contribution is -0.134. The Bertz CT molecular complexity index is 1030. The third-order valence-electron chi connectivity index (χ3n) is 6.54. The van der Waals surface area contributed by atoms with Gasteiger partial charge in [-0.1, -0.05) is 56.3 Å². The normalized spacial score (nSPS) is 19.3. The quantitative estimate of drug-likeness (QED) is 0.391. The molecule has 36 heavy (non-hydrogen) atoms. The molecule has 3 rings (SSSR count). The molecule has 2 N–H and O–H groups in total. The van der Waals surface area contributed by atoms with Crippen LogP contribution in [-0.2, 0) is 32.0 Å². The maximum absolute atomic E-state index is 13.6. The molecule has 1 aliphatic heterocycles. The Hall–Kier alpha value is -3.03. The van der Waals surface area contributed by atoms with E-state index in [-0.39, 0.29) is 36.0 Å². The summed E-state index contributed by atoms with van der Waals surface area (Å²) in [5.74, 6) is -0.405. The Morgan fingerprint density at radius 1 is 0.972 bits per heavy atom. The molecular weight excluding hydrogens is 456 g/mol. The molecule has 4 atom stereocenters. The molecule has 2 aromatic rings. The summed E-state index contributed by atoms with van der Waals surface area (Å²) in [7, 11) is 1.60. The Morgan fingerprint density at radius 2 is 1.58 bits per heavy atom. The fourth-order valence-corrected chi connectivity index (χ4v) is 4.28. The second kappa shape index (κ2) is 12.3. The summed E-state index contributed by atoms with van der Waals surface area (Å²) in [6.07, 6.45) is 0.799. The topological polar surface area (TPSA) is 97.0 Å². The minimum Gasteiger partial charge on any atom is -0.497 e. The number of epoxide rings is 1. The molecule has 0 saturated carbocycles. The van der Waals surface area contributed by atoms with Crippen molar-refractivity contribution < 1.29 is 23.9 Å². The molecule has 0 aliphatic carbocycles. The van der Waals surface area contributed by atoms with E-state index in [1.165, 1.54) is 0 Å². The number of carbonyl (C=O) groups is 3. The summed E-state index contributed by atoms with van der Waals surface area (Å²) >= 11 is 0. The minimum absolute atomic E-state index is 0.0409. The van der Waals surface area contributed by atoms with Crippen LogP contribution in [0.2, 0.25) is 0 Å². The van der Waals surface area contributed by atoms with Crippen LogP contribution in [0.5, 0.6) is 5.75 Å². The number of rotatable bonds is 14. The largest absolute Gasteiger partial charge is 0.497 e. The van der Waals surface area contributed by atoms with Crippen LogP contribution in [0, 0.1) is 5.92 Å². The Morgan fingerprint density at radius 3 is 2.14 bits per heavy atom. The first-order valence-corrected chi connectivity index (χ1v) is 12.6. The highest BCUT2D eigenvalue weighted by molar-refractivity contribution is 5.97. The first-order valence-electron chi connectivity index (χ1n) is 12.6. The zero-order chi connectivity index (χ0) is 26.3. The van der Waals surface area contributed by atoms with Crippen LogP contribution in [0.1, 0.15) is 45.2 Å². The first-order chi connectivity index (χ1) is 17.1. The van der Waals surface area contributed by atoms with E-state index < -0.39 is 17.6 Å². The number of benzene rings is 2. The molecule has 0 spiro atoms. The molecule has 194 valence electrons. The van der Waals surface area contributed by atoms with Gasteiger partial charge in [0.05, 0.1) is 25.8 Å². The van der Waals surface area contributed by atoms with Crippen LogP contribution >= 0.6 is 0 Å². The van der Waals surface area contributed by atoms with E-state index in [4.69, 9.17) is 9.47 Å². The molecule has 0 radical (unpaired) electrons. The fourth-order valence-electron chi connectivity index (χ4n) is 4.28. The summed E-state index contributed by atoms with van der Waals surface area (Å²) in [6, 6.07) is 16.1. The zero-order valence-corrected chi connectivity index (χ0v) is 21.9. The van der Waals surface area contributed by atoms with Crippen molar-refractivity contribution in [1.29, 1.82) is 0 Å². The fraction of sp³-hybridized carbons (Fsp3) is 0.483. The summed E-state index contributed by atoms with van der Waals surface area (Å²) in [5.41, 5.74) is 0.985. The van der Waals surface area contributed by atoms with Crippen molar-refractivity contribution >= 4 is 17.5 Å². The predicted octanol–water partition coefficient (Wildman–Crippen LogP) is 3.29. The van der Waals surface area contributed by atoms with Crippen molar-refractivity contribution in [2.24, 2.45) is 5.92 Å². The van der Waals surface area contributed by atoms with Crippen LogP contribution in [0.4, 0.5) is 0 Å². The van der Waals surface area contributed by atoms with Gasteiger partial charge >= 0.3 is 0 Å². The highest BCUT2D eigenvalue weighted by atomic mass is 16.6. The molecule has 2 aromatic carbocycles. The predicted molar refractivity (Wildman–Crippen MR) is 139 cm³/mol. The van der Waals surface area contributed by atoms with E-state index in [1.54, 1.807) is 14.0 Å². The van der Waals surface area contributed by atoms with Crippen molar-refractivity contribution in [3.63, 3.8) is 0 Å². The van der Waals surface area contributed by atoms with Gasteiger partial charge in [0.2, 0.25) is 5.91 Å². The van der Waals surface area contributed by atoms with Gasteiger partial charge in [0, 0.05) is 18.4 Å². The van der Waals surface area contributed by atoms with Gasteiger partial charge in [-0.25, -0.2) is 0 Å². The van der Waals surface area contributed by atoms with Gasteiger partial charge in [0.15, 0.2) is 5.78 Å². The standard InChI is InChI=1S/C29H38N2O5/c1-19(2)30-20(3)26(32)17-23(15-22-11-13-24(35-5)14-12-22)28(34)31-25(27(33)29(4)18-36-29)16-21-9-7-6-8-10-21/h6-14,19-20,23,25,30H,15-18H2,1-5H3,(H,31,34)/t20-,23+,25-,29+/m0/s1. The zero-order valence-electron chi connectivity index (χ0n) is 21.9. The van der Waals surface area contributed by atoms with Gasteiger partial charge in [0.1, 0.15) is 17.1 Å². The molecule has 0 bridgehead atoms. The van der Waals surface area contributed by atoms with Crippen molar-refractivity contribution in [2.45, 2.75) is 70.7 Å². The minimum atomic E-state index is -0.871. The highest BCUT2D eigenvalue weighted by Gasteiger charge is 2.50. The Balaban J connectivity index is 1.80. The summed E-state index contributed by atoms with van der Waals surface area (Å²) in [4.78, 5) is 39.9. The maximum atomic E-state index is 13.6. The van der Waals surface area contributed by atoms with Gasteiger partial charge in [0.25, 0.3) is 0 Å². The average molecular weight is 495 g/mol. The molecular formula is C29H38N2O5. The number of ether oxygens (including phenoxy) is 2. The monoisotopic (exact) mass is 494 g/mol. The van der Waals surface area contributed by atoms with E-state index in [9.17, 15) is 14.4 Å². The van der Waals surface area contributed by atoms with Crippen LogP contribution in [-0.4, -0.2) is 54.9 Å². The molecule has 0 aromatic heterocycles. The number of Topliss-reactive ketones (excluding diaryl/α,β-unsaturated/α-hetero) is 2. The van der Waals surface area contributed by atoms with Crippen molar-refractivity contribution in [2.75, 3.05) is 13.7 Å². The highest BCUT2D eigenvalue weighted by Crippen LogP contribution is 2.29. The lowest BCUT2D eigenvalue weighted by Gasteiger charge is -2.24. The first kappa shape index (κ1) is 27.6. The lowest BCUT2D eigenvalue weighted by atomic mass is 9.89. The SMILES string of the molecule is COc1ccc(C[C@H](CC(=O)[C@H](C)NC(C)C)C(=O)N[C@@H](Cc2ccccc2)C(=O)[C@@]2(C)CO2)cc1. The number of ketones is 2. The van der Waals surface area contributed by atoms with Gasteiger partial charge in [-0.15, -0.1) is 0 Å². The van der Waals surface area contributed by atoms with Crippen LogP contribution in [0.15, 0.2) is 54.6 Å². The summed E-state index contributed by atoms with van der Waals surface area (Å²) in [5, 5.41) is 6.19. The van der Waals surface area contributed by atoms with Gasteiger partial charge < -0.3 is 20.1 Å². The second-order valence-electron chi connectivity index (χ2n) is 10.1. The molecule has 7 nitrogen and oxygen atoms in total. The molecule has 0 unspecified atom stereocenters. The van der Waals surface area contributed by atoms with Crippen molar-refractivity contribution in [1.82, 2.24) is 10.6 Å². The van der Waals surface area contributed by atoms with Crippen molar-refractivity contribution in [3.8, 4) is 5.75 Å². The smallest absolute Gasteiger partial charge is 0.224 e. The van der Waals surface area contributed by atoms with Gasteiger partial charge in [-0.2, -0.15) is 0 Å². The molecule has 1 fully saturated rings. The van der Waals surface area contributed by atoms with E-state index in [1.807, 2.05) is 75.4 Å².